The number of fused-ring (bicyclic) bond motifs is 3. The van der Waals surface area contributed by atoms with Crippen molar-refractivity contribution in [1.82, 2.24) is 0 Å². The molecule has 0 amide bonds. The number of esters is 1. The third-order valence-corrected chi connectivity index (χ3v) is 8.67. The van der Waals surface area contributed by atoms with Crippen molar-refractivity contribution in [3.63, 3.8) is 0 Å². The number of carbonyl (C=O) groups excluding carboxylic acids is 2. The van der Waals surface area contributed by atoms with Crippen LogP contribution >= 0.6 is 0 Å². The molecule has 31 heavy (non-hydrogen) atoms. The van der Waals surface area contributed by atoms with Crippen molar-refractivity contribution in [2.75, 3.05) is 0 Å². The van der Waals surface area contributed by atoms with E-state index in [0.717, 1.165) is 0 Å². The third-order valence-electron chi connectivity index (χ3n) is 8.67. The molecule has 0 aromatic heterocycles. The van der Waals surface area contributed by atoms with Crippen LogP contribution in [-0.2, 0) is 19.1 Å². The lowest BCUT2D eigenvalue weighted by Crippen LogP contribution is -2.44. The summed E-state index contributed by atoms with van der Waals surface area (Å²) in [6.07, 6.45) is 13.3. The van der Waals surface area contributed by atoms with Crippen LogP contribution in [0, 0.1) is 28.6 Å². The van der Waals surface area contributed by atoms with E-state index in [-0.39, 0.29) is 29.6 Å². The van der Waals surface area contributed by atoms with Crippen molar-refractivity contribution < 1.29 is 24.2 Å². The lowest BCUT2D eigenvalue weighted by Gasteiger charge is -2.33. The second kappa shape index (κ2) is 6.76. The molecular formula is C26H34O5. The monoisotopic (exact) mass is 426 g/mol. The quantitative estimate of drug-likeness (QED) is 0.319. The first kappa shape index (κ1) is 22.2. The molecule has 168 valence electrons. The Morgan fingerprint density at radius 1 is 1.03 bits per heavy atom. The van der Waals surface area contributed by atoms with E-state index in [1.807, 2.05) is 65.0 Å². The van der Waals surface area contributed by atoms with Gasteiger partial charge in [-0.15, -0.1) is 0 Å². The molecule has 5 heteroatoms. The highest BCUT2D eigenvalue weighted by Crippen LogP contribution is 2.60. The van der Waals surface area contributed by atoms with E-state index in [4.69, 9.17) is 9.47 Å². The highest BCUT2D eigenvalue weighted by atomic mass is 16.6. The van der Waals surface area contributed by atoms with Gasteiger partial charge in [0.2, 0.25) is 0 Å². The molecule has 1 N–H and O–H groups in total. The van der Waals surface area contributed by atoms with Gasteiger partial charge in [-0.1, -0.05) is 62.0 Å². The van der Waals surface area contributed by atoms with Crippen molar-refractivity contribution in [1.29, 1.82) is 0 Å². The Hall–Kier alpha value is -1.98. The fourth-order valence-electron chi connectivity index (χ4n) is 6.59. The number of ketones is 1. The molecule has 9 unspecified atom stereocenters. The fraction of sp³-hybridized carbons (Fsp3) is 0.615. The molecule has 0 aromatic carbocycles. The van der Waals surface area contributed by atoms with Crippen LogP contribution in [0.1, 0.15) is 48.5 Å². The molecule has 9 atom stereocenters. The molecule has 2 heterocycles. The standard InChI is InChI=1S/C26H34O5/c1-15-14-24(5)19(26(7,29)17(3)31-24)18(15)12-10-8-9-11-13-23(4)21-16(2)20(27)25(23,6)22(28)30-21/h8-14,16-19,21,29H,1-7H3. The molecule has 1 saturated carbocycles. The van der Waals surface area contributed by atoms with Gasteiger partial charge in [0, 0.05) is 17.3 Å². The summed E-state index contributed by atoms with van der Waals surface area (Å²) in [7, 11) is 0. The van der Waals surface area contributed by atoms with Crippen LogP contribution in [0.3, 0.4) is 0 Å². The van der Waals surface area contributed by atoms with Crippen molar-refractivity contribution in [2.45, 2.75) is 71.9 Å². The zero-order chi connectivity index (χ0) is 23.0. The lowest BCUT2D eigenvalue weighted by molar-refractivity contribution is -0.161. The van der Waals surface area contributed by atoms with Crippen molar-refractivity contribution in [3.05, 3.63) is 48.1 Å². The van der Waals surface area contributed by atoms with Crippen molar-refractivity contribution in [3.8, 4) is 0 Å². The van der Waals surface area contributed by atoms with Gasteiger partial charge in [0.15, 0.2) is 5.78 Å². The van der Waals surface area contributed by atoms with Crippen LogP contribution in [0.5, 0.6) is 0 Å². The van der Waals surface area contributed by atoms with Crippen LogP contribution < -0.4 is 0 Å². The summed E-state index contributed by atoms with van der Waals surface area (Å²) in [5, 5.41) is 11.0. The van der Waals surface area contributed by atoms with E-state index in [2.05, 4.69) is 19.1 Å². The topological polar surface area (TPSA) is 72.8 Å². The SMILES string of the molecule is CC1=CC2(C)OC(C)C(C)(O)C2C1C=CC=CC=CC1(C)C2OC(=O)C1(C)C(=O)C2C. The minimum Gasteiger partial charge on any atom is -0.460 e. The number of allylic oxidation sites excluding steroid dienone is 6. The maximum Gasteiger partial charge on any atom is 0.320 e. The molecular weight excluding hydrogens is 392 g/mol. The van der Waals surface area contributed by atoms with E-state index in [1.165, 1.54) is 5.57 Å². The van der Waals surface area contributed by atoms with Gasteiger partial charge in [-0.25, -0.2) is 0 Å². The van der Waals surface area contributed by atoms with Gasteiger partial charge in [-0.2, -0.15) is 0 Å². The van der Waals surface area contributed by atoms with E-state index < -0.39 is 34.1 Å². The first-order chi connectivity index (χ1) is 14.3. The maximum atomic E-state index is 12.6. The highest BCUT2D eigenvalue weighted by molar-refractivity contribution is 6.10. The summed E-state index contributed by atoms with van der Waals surface area (Å²) in [6, 6.07) is 0. The van der Waals surface area contributed by atoms with Gasteiger partial charge >= 0.3 is 5.97 Å². The molecule has 0 radical (unpaired) electrons. The maximum absolute atomic E-state index is 12.6. The Kier molecular flexibility index (Phi) is 4.84. The largest absolute Gasteiger partial charge is 0.460 e. The lowest BCUT2D eigenvalue weighted by atomic mass is 9.68. The minimum atomic E-state index is -1.11. The van der Waals surface area contributed by atoms with Crippen LogP contribution in [0.25, 0.3) is 0 Å². The van der Waals surface area contributed by atoms with Crippen LogP contribution in [-0.4, -0.2) is 40.3 Å². The molecule has 2 aliphatic carbocycles. The molecule has 2 bridgehead atoms. The van der Waals surface area contributed by atoms with Crippen molar-refractivity contribution in [2.24, 2.45) is 28.6 Å². The first-order valence-electron chi connectivity index (χ1n) is 11.2. The van der Waals surface area contributed by atoms with E-state index in [1.54, 1.807) is 6.92 Å². The van der Waals surface area contributed by atoms with Gasteiger partial charge in [0.05, 0.1) is 23.2 Å². The summed E-state index contributed by atoms with van der Waals surface area (Å²) >= 11 is 0. The van der Waals surface area contributed by atoms with E-state index in [9.17, 15) is 14.7 Å². The second-order valence-electron chi connectivity index (χ2n) is 10.6. The third kappa shape index (κ3) is 2.75. The number of rotatable bonds is 4. The fourth-order valence-corrected chi connectivity index (χ4v) is 6.59. The average molecular weight is 427 g/mol. The Morgan fingerprint density at radius 2 is 1.68 bits per heavy atom. The number of hydrogen-bond acceptors (Lipinski definition) is 5. The highest BCUT2D eigenvalue weighted by Gasteiger charge is 2.73. The molecule has 2 aliphatic heterocycles. The summed E-state index contributed by atoms with van der Waals surface area (Å²) in [5.74, 6) is -0.653. The summed E-state index contributed by atoms with van der Waals surface area (Å²) in [6.45, 7) is 13.4. The zero-order valence-electron chi connectivity index (χ0n) is 19.5. The Balaban J connectivity index is 1.48. The van der Waals surface area contributed by atoms with Crippen LogP contribution in [0.2, 0.25) is 0 Å². The van der Waals surface area contributed by atoms with Crippen LogP contribution in [0.4, 0.5) is 0 Å². The molecule has 4 aliphatic rings. The Morgan fingerprint density at radius 3 is 2.32 bits per heavy atom. The summed E-state index contributed by atoms with van der Waals surface area (Å²) in [5.41, 5.74) is -1.91. The normalized spacial score (nSPS) is 51.5. The average Bonchev–Trinajstić information content (AvgIpc) is 3.17. The number of carbonyl (C=O) groups is 2. The van der Waals surface area contributed by atoms with Crippen molar-refractivity contribution >= 4 is 11.8 Å². The summed E-state index contributed by atoms with van der Waals surface area (Å²) < 4.78 is 11.6. The molecule has 5 nitrogen and oxygen atoms in total. The smallest absolute Gasteiger partial charge is 0.320 e. The summed E-state index contributed by atoms with van der Waals surface area (Å²) in [4.78, 5) is 24.9. The molecule has 0 aromatic rings. The van der Waals surface area contributed by atoms with E-state index in [0.29, 0.717) is 0 Å². The van der Waals surface area contributed by atoms with Gasteiger partial charge in [0.25, 0.3) is 0 Å². The number of ether oxygens (including phenoxy) is 2. The Bertz CT molecular complexity index is 939. The van der Waals surface area contributed by atoms with E-state index >= 15 is 0 Å². The van der Waals surface area contributed by atoms with Gasteiger partial charge in [-0.05, 0) is 34.6 Å². The molecule has 3 fully saturated rings. The first-order valence-corrected chi connectivity index (χ1v) is 11.2. The minimum absolute atomic E-state index is 0.0289. The van der Waals surface area contributed by atoms with Gasteiger partial charge in [-0.3, -0.25) is 9.59 Å². The number of aliphatic hydroxyl groups is 1. The van der Waals surface area contributed by atoms with Crippen LogP contribution in [0.15, 0.2) is 48.1 Å². The molecule has 2 saturated heterocycles. The Labute approximate surface area is 184 Å². The number of hydrogen-bond donors (Lipinski definition) is 1. The van der Waals surface area contributed by atoms with Gasteiger partial charge < -0.3 is 14.6 Å². The predicted molar refractivity (Wildman–Crippen MR) is 118 cm³/mol. The molecule has 0 spiro atoms. The molecule has 4 rings (SSSR count). The van der Waals surface area contributed by atoms with Gasteiger partial charge in [0.1, 0.15) is 11.5 Å². The zero-order valence-corrected chi connectivity index (χ0v) is 19.5. The number of Topliss-reactive ketones (excluding diaryl/α,β-unsaturated/α-hetero) is 1. The second-order valence-corrected chi connectivity index (χ2v) is 10.6. The predicted octanol–water partition coefficient (Wildman–Crippen LogP) is 3.93.